The number of ether oxygens (including phenoxy) is 2. The van der Waals surface area contributed by atoms with Gasteiger partial charge in [0, 0.05) is 24.2 Å². The second-order valence-electron chi connectivity index (χ2n) is 5.44. The topological polar surface area (TPSA) is 71.3 Å². The molecule has 0 saturated carbocycles. The number of hydrogen-bond donors (Lipinski definition) is 2. The van der Waals surface area contributed by atoms with Crippen molar-refractivity contribution in [1.29, 1.82) is 0 Å². The molecule has 5 heteroatoms. The van der Waals surface area contributed by atoms with Gasteiger partial charge in [0.05, 0.1) is 14.2 Å². The van der Waals surface area contributed by atoms with Crippen LogP contribution in [0.15, 0.2) is 35.3 Å². The van der Waals surface area contributed by atoms with Crippen molar-refractivity contribution < 1.29 is 19.7 Å². The summed E-state index contributed by atoms with van der Waals surface area (Å²) in [6.07, 6.45) is 1.40. The van der Waals surface area contributed by atoms with E-state index in [-0.39, 0.29) is 11.5 Å². The number of fused-ring (bicyclic) bond motifs is 1. The van der Waals surface area contributed by atoms with Crippen molar-refractivity contribution in [2.75, 3.05) is 20.8 Å². The van der Waals surface area contributed by atoms with Crippen molar-refractivity contribution >= 4 is 5.71 Å². The molecular weight excluding hydrogens is 294 g/mol. The van der Waals surface area contributed by atoms with Crippen molar-refractivity contribution in [3.05, 3.63) is 47.0 Å². The number of methoxy groups -OCH3 is 2. The third-order valence-corrected chi connectivity index (χ3v) is 4.01. The van der Waals surface area contributed by atoms with E-state index in [2.05, 4.69) is 4.99 Å². The van der Waals surface area contributed by atoms with Crippen LogP contribution in [-0.4, -0.2) is 36.7 Å². The summed E-state index contributed by atoms with van der Waals surface area (Å²) in [6.45, 7) is 0.707. The molecule has 0 spiro atoms. The molecule has 0 aliphatic carbocycles. The highest BCUT2D eigenvalue weighted by Gasteiger charge is 2.18. The first-order valence-electron chi connectivity index (χ1n) is 7.42. The van der Waals surface area contributed by atoms with Gasteiger partial charge in [0.2, 0.25) is 0 Å². The van der Waals surface area contributed by atoms with Crippen molar-refractivity contribution in [1.82, 2.24) is 0 Å². The van der Waals surface area contributed by atoms with Gasteiger partial charge in [-0.1, -0.05) is 6.07 Å². The van der Waals surface area contributed by atoms with E-state index in [4.69, 9.17) is 9.47 Å². The third-order valence-electron chi connectivity index (χ3n) is 4.01. The van der Waals surface area contributed by atoms with Gasteiger partial charge in [-0.25, -0.2) is 0 Å². The smallest absolute Gasteiger partial charge is 0.160 e. The third kappa shape index (κ3) is 2.95. The van der Waals surface area contributed by atoms with Gasteiger partial charge in [-0.3, -0.25) is 4.99 Å². The molecule has 0 saturated heterocycles. The molecule has 0 unspecified atom stereocenters. The van der Waals surface area contributed by atoms with Crippen LogP contribution in [0.5, 0.6) is 23.0 Å². The van der Waals surface area contributed by atoms with Crippen LogP contribution in [0.4, 0.5) is 0 Å². The highest BCUT2D eigenvalue weighted by molar-refractivity contribution is 6.04. The second kappa shape index (κ2) is 6.20. The predicted octanol–water partition coefficient (Wildman–Crippen LogP) is 2.70. The molecule has 0 atom stereocenters. The molecule has 5 nitrogen and oxygen atoms in total. The lowest BCUT2D eigenvalue weighted by Crippen LogP contribution is -2.15. The summed E-state index contributed by atoms with van der Waals surface area (Å²) in [4.78, 5) is 4.59. The standard InChI is InChI=1S/C18H19NO4/c1-22-17-4-3-11(8-15(17)20)7-14-13-10-16(21)18(23-2)9-12(13)5-6-19-14/h3-4,8-10,20-21H,5-7H2,1-2H3. The Kier molecular flexibility index (Phi) is 4.10. The van der Waals surface area contributed by atoms with Crippen LogP contribution in [-0.2, 0) is 12.8 Å². The van der Waals surface area contributed by atoms with Crippen LogP contribution < -0.4 is 9.47 Å². The Morgan fingerprint density at radius 1 is 1.00 bits per heavy atom. The summed E-state index contributed by atoms with van der Waals surface area (Å²) < 4.78 is 10.2. The lowest BCUT2D eigenvalue weighted by atomic mass is 9.93. The van der Waals surface area contributed by atoms with Crippen LogP contribution in [0.1, 0.15) is 16.7 Å². The number of hydrogen-bond acceptors (Lipinski definition) is 5. The summed E-state index contributed by atoms with van der Waals surface area (Å²) in [5.74, 6) is 1.15. The van der Waals surface area contributed by atoms with Gasteiger partial charge < -0.3 is 19.7 Å². The summed E-state index contributed by atoms with van der Waals surface area (Å²) in [6, 6.07) is 8.89. The lowest BCUT2D eigenvalue weighted by Gasteiger charge is -2.19. The largest absolute Gasteiger partial charge is 0.504 e. The molecule has 1 heterocycles. The number of phenols is 2. The highest BCUT2D eigenvalue weighted by Crippen LogP contribution is 2.33. The van der Waals surface area contributed by atoms with E-state index >= 15 is 0 Å². The van der Waals surface area contributed by atoms with E-state index in [0.29, 0.717) is 24.5 Å². The molecule has 23 heavy (non-hydrogen) atoms. The maximum atomic E-state index is 10.0. The first-order chi connectivity index (χ1) is 11.1. The van der Waals surface area contributed by atoms with E-state index in [1.54, 1.807) is 25.3 Å². The molecule has 1 aliphatic heterocycles. The van der Waals surface area contributed by atoms with E-state index in [1.807, 2.05) is 12.1 Å². The monoisotopic (exact) mass is 313 g/mol. The quantitative estimate of drug-likeness (QED) is 0.910. The van der Waals surface area contributed by atoms with Gasteiger partial charge in [-0.2, -0.15) is 0 Å². The van der Waals surface area contributed by atoms with E-state index < -0.39 is 0 Å². The number of aliphatic imine (C=N–C) groups is 1. The van der Waals surface area contributed by atoms with E-state index in [9.17, 15) is 10.2 Å². The minimum atomic E-state index is 0.110. The Hall–Kier alpha value is -2.69. The number of benzene rings is 2. The molecule has 3 rings (SSSR count). The Morgan fingerprint density at radius 3 is 2.43 bits per heavy atom. The van der Waals surface area contributed by atoms with Crippen LogP contribution >= 0.6 is 0 Å². The normalized spacial score (nSPS) is 13.2. The first-order valence-corrected chi connectivity index (χ1v) is 7.42. The van der Waals surface area contributed by atoms with Gasteiger partial charge in [-0.15, -0.1) is 0 Å². The van der Waals surface area contributed by atoms with E-state index in [0.717, 1.165) is 28.8 Å². The van der Waals surface area contributed by atoms with E-state index in [1.165, 1.54) is 7.11 Å². The summed E-state index contributed by atoms with van der Waals surface area (Å²) in [5.41, 5.74) is 3.88. The van der Waals surface area contributed by atoms with Crippen molar-refractivity contribution in [3.63, 3.8) is 0 Å². The molecule has 1 aliphatic rings. The predicted molar refractivity (Wildman–Crippen MR) is 88.1 cm³/mol. The van der Waals surface area contributed by atoms with Crippen molar-refractivity contribution in [2.45, 2.75) is 12.8 Å². The zero-order valence-corrected chi connectivity index (χ0v) is 13.2. The number of aromatic hydroxyl groups is 2. The fraction of sp³-hybridized carbons (Fsp3) is 0.278. The number of phenolic OH excluding ortho intramolecular Hbond substituents is 2. The molecule has 0 aromatic heterocycles. The van der Waals surface area contributed by atoms with Crippen LogP contribution in [0.2, 0.25) is 0 Å². The van der Waals surface area contributed by atoms with Gasteiger partial charge >= 0.3 is 0 Å². The van der Waals surface area contributed by atoms with Crippen LogP contribution in [0.25, 0.3) is 0 Å². The minimum absolute atomic E-state index is 0.110. The number of nitrogens with zero attached hydrogens (tertiary/aromatic N) is 1. The fourth-order valence-corrected chi connectivity index (χ4v) is 2.84. The Balaban J connectivity index is 1.92. The first kappa shape index (κ1) is 15.2. The van der Waals surface area contributed by atoms with Crippen LogP contribution in [0.3, 0.4) is 0 Å². The Labute approximate surface area is 134 Å². The summed E-state index contributed by atoms with van der Waals surface area (Å²) in [5, 5.41) is 19.9. The van der Waals surface area contributed by atoms with Gasteiger partial charge in [0.1, 0.15) is 0 Å². The molecule has 0 amide bonds. The van der Waals surface area contributed by atoms with Crippen molar-refractivity contribution in [2.24, 2.45) is 4.99 Å². The van der Waals surface area contributed by atoms with Crippen molar-refractivity contribution in [3.8, 4) is 23.0 Å². The zero-order chi connectivity index (χ0) is 16.4. The average Bonchev–Trinajstić information content (AvgIpc) is 2.55. The molecule has 2 N–H and O–H groups in total. The zero-order valence-electron chi connectivity index (χ0n) is 13.2. The fourth-order valence-electron chi connectivity index (χ4n) is 2.84. The molecule has 0 radical (unpaired) electrons. The molecule has 2 aromatic rings. The molecule has 0 fully saturated rings. The second-order valence-corrected chi connectivity index (χ2v) is 5.44. The van der Waals surface area contributed by atoms with Gasteiger partial charge in [0.25, 0.3) is 0 Å². The Bertz CT molecular complexity index is 768. The maximum Gasteiger partial charge on any atom is 0.160 e. The number of rotatable bonds is 4. The summed E-state index contributed by atoms with van der Waals surface area (Å²) in [7, 11) is 3.06. The maximum absolute atomic E-state index is 10.0. The Morgan fingerprint density at radius 2 is 1.74 bits per heavy atom. The van der Waals surface area contributed by atoms with Crippen LogP contribution in [0, 0.1) is 0 Å². The SMILES string of the molecule is COc1ccc(CC2=NCCc3cc(OC)c(O)cc32)cc1O. The molecule has 0 bridgehead atoms. The highest BCUT2D eigenvalue weighted by atomic mass is 16.5. The molecular formula is C18H19NO4. The minimum Gasteiger partial charge on any atom is -0.504 e. The molecule has 120 valence electrons. The van der Waals surface area contributed by atoms with Gasteiger partial charge in [0.15, 0.2) is 23.0 Å². The molecule has 2 aromatic carbocycles. The average molecular weight is 313 g/mol. The van der Waals surface area contributed by atoms with Gasteiger partial charge in [-0.05, 0) is 41.8 Å². The lowest BCUT2D eigenvalue weighted by molar-refractivity contribution is 0.372. The summed E-state index contributed by atoms with van der Waals surface area (Å²) >= 11 is 0.